The average molecular weight is 221 g/mol. The van der Waals surface area contributed by atoms with E-state index in [-0.39, 0.29) is 5.91 Å². The molecule has 0 bridgehead atoms. The average Bonchev–Trinajstić information content (AvgIpc) is 3.02. The predicted molar refractivity (Wildman–Crippen MR) is 64.3 cm³/mol. The number of aryl methyl sites for hydroxylation is 1. The second-order valence-corrected chi connectivity index (χ2v) is 4.50. The van der Waals surface area contributed by atoms with Gasteiger partial charge < -0.3 is 15.2 Å². The Balaban J connectivity index is 2.20. The van der Waals surface area contributed by atoms with Crippen LogP contribution in [0.4, 0.5) is 5.69 Å². The number of hydrogen-bond acceptors (Lipinski definition) is 2. The lowest BCUT2D eigenvalue weighted by Gasteiger charge is -2.17. The lowest BCUT2D eigenvalue weighted by molar-refractivity contribution is 0.0774. The Bertz CT molecular complexity index is 393. The monoisotopic (exact) mass is 221 g/mol. The molecule has 0 atom stereocenters. The first-order valence-corrected chi connectivity index (χ1v) is 5.86. The Morgan fingerprint density at radius 3 is 2.88 bits per heavy atom. The minimum Gasteiger partial charge on any atom is -0.397 e. The highest BCUT2D eigenvalue weighted by atomic mass is 16.2. The Kier molecular flexibility index (Phi) is 2.90. The first-order valence-electron chi connectivity index (χ1n) is 5.86. The molecule has 88 valence electrons. The lowest BCUT2D eigenvalue weighted by Crippen LogP contribution is -2.30. The Labute approximate surface area is 96.0 Å². The van der Waals surface area contributed by atoms with E-state index >= 15 is 0 Å². The fourth-order valence-electron chi connectivity index (χ4n) is 1.95. The van der Waals surface area contributed by atoms with Gasteiger partial charge in [-0.15, -0.1) is 0 Å². The quantitative estimate of drug-likeness (QED) is 0.841. The van der Waals surface area contributed by atoms with Crippen molar-refractivity contribution in [1.82, 2.24) is 9.47 Å². The summed E-state index contributed by atoms with van der Waals surface area (Å²) in [5.41, 5.74) is 7.13. The fourth-order valence-corrected chi connectivity index (χ4v) is 1.95. The molecule has 0 unspecified atom stereocenters. The number of amides is 1. The van der Waals surface area contributed by atoms with E-state index in [0.29, 0.717) is 17.4 Å². The van der Waals surface area contributed by atoms with Crippen LogP contribution in [0.25, 0.3) is 0 Å². The molecule has 4 heteroatoms. The van der Waals surface area contributed by atoms with Crippen LogP contribution in [0.2, 0.25) is 0 Å². The zero-order chi connectivity index (χ0) is 11.7. The summed E-state index contributed by atoms with van der Waals surface area (Å²) in [5.74, 6) is 0.0904. The number of nitrogens with two attached hydrogens (primary N) is 1. The van der Waals surface area contributed by atoms with E-state index in [1.807, 2.05) is 22.7 Å². The van der Waals surface area contributed by atoms with E-state index < -0.39 is 0 Å². The maximum atomic E-state index is 12.2. The summed E-state index contributed by atoms with van der Waals surface area (Å²) in [7, 11) is 1.87. The molecule has 4 nitrogen and oxygen atoms in total. The number of carbonyl (C=O) groups excluding carboxylic acids is 1. The molecule has 0 aliphatic heterocycles. The molecule has 16 heavy (non-hydrogen) atoms. The van der Waals surface area contributed by atoms with Gasteiger partial charge in [-0.2, -0.15) is 0 Å². The number of rotatable bonds is 4. The van der Waals surface area contributed by atoms with Crippen LogP contribution in [0.3, 0.4) is 0 Å². The molecular formula is C12H19N3O. The van der Waals surface area contributed by atoms with Crippen LogP contribution in [0.5, 0.6) is 0 Å². The van der Waals surface area contributed by atoms with Crippen LogP contribution in [-0.4, -0.2) is 28.5 Å². The highest BCUT2D eigenvalue weighted by molar-refractivity contribution is 5.94. The van der Waals surface area contributed by atoms with Gasteiger partial charge in [0.25, 0.3) is 5.91 Å². The number of nitrogens with zero attached hydrogens (tertiary/aromatic N) is 2. The predicted octanol–water partition coefficient (Wildman–Crippen LogP) is 1.71. The van der Waals surface area contributed by atoms with Gasteiger partial charge in [0.1, 0.15) is 5.69 Å². The third-order valence-electron chi connectivity index (χ3n) is 3.02. The number of nitrogen functional groups attached to an aromatic ring is 1. The third kappa shape index (κ3) is 2.05. The highest BCUT2D eigenvalue weighted by Crippen LogP contribution is 2.27. The Morgan fingerprint density at radius 1 is 1.62 bits per heavy atom. The fraction of sp³-hybridized carbons (Fsp3) is 0.583. The summed E-state index contributed by atoms with van der Waals surface area (Å²) < 4.78 is 1.95. The zero-order valence-corrected chi connectivity index (χ0v) is 9.94. The van der Waals surface area contributed by atoms with Crippen molar-refractivity contribution in [2.75, 3.05) is 12.8 Å². The van der Waals surface area contributed by atoms with Crippen LogP contribution in [0.15, 0.2) is 12.3 Å². The van der Waals surface area contributed by atoms with Crippen LogP contribution in [0.1, 0.15) is 36.7 Å². The summed E-state index contributed by atoms with van der Waals surface area (Å²) in [6.07, 6.45) is 5.11. The molecule has 1 saturated carbocycles. The van der Waals surface area contributed by atoms with Gasteiger partial charge in [-0.3, -0.25) is 4.79 Å². The van der Waals surface area contributed by atoms with Crippen molar-refractivity contribution in [3.63, 3.8) is 0 Å². The molecule has 1 amide bonds. The van der Waals surface area contributed by atoms with Crippen molar-refractivity contribution in [1.29, 1.82) is 0 Å². The second-order valence-electron chi connectivity index (χ2n) is 4.50. The summed E-state index contributed by atoms with van der Waals surface area (Å²) in [5, 5.41) is 0. The molecule has 1 aliphatic carbocycles. The maximum Gasteiger partial charge on any atom is 0.270 e. The van der Waals surface area contributed by atoms with E-state index in [2.05, 4.69) is 6.92 Å². The molecule has 0 radical (unpaired) electrons. The van der Waals surface area contributed by atoms with Crippen molar-refractivity contribution in [2.24, 2.45) is 0 Å². The summed E-state index contributed by atoms with van der Waals surface area (Å²) in [4.78, 5) is 14.0. The van der Waals surface area contributed by atoms with Gasteiger partial charge in [-0.05, 0) is 25.3 Å². The summed E-state index contributed by atoms with van der Waals surface area (Å²) in [6.45, 7) is 2.94. The molecule has 0 saturated heterocycles. The number of carbonyl (C=O) groups is 1. The Hall–Kier alpha value is -1.45. The standard InChI is InChI=1S/C12H19N3O/c1-3-6-15-8-9(13)7-11(15)12(16)14(2)10-4-5-10/h7-8,10H,3-6,13H2,1-2H3. The minimum atomic E-state index is 0.0904. The van der Waals surface area contributed by atoms with Gasteiger partial charge in [0, 0.05) is 25.8 Å². The normalized spacial score (nSPS) is 15.1. The molecule has 1 aromatic rings. The van der Waals surface area contributed by atoms with Crippen LogP contribution >= 0.6 is 0 Å². The van der Waals surface area contributed by atoms with Gasteiger partial charge >= 0.3 is 0 Å². The van der Waals surface area contributed by atoms with Crippen molar-refractivity contribution in [3.05, 3.63) is 18.0 Å². The first kappa shape index (κ1) is 11.0. The van der Waals surface area contributed by atoms with Gasteiger partial charge in [0.05, 0.1) is 5.69 Å². The zero-order valence-electron chi connectivity index (χ0n) is 9.94. The molecule has 1 aliphatic rings. The van der Waals surface area contributed by atoms with Crippen molar-refractivity contribution >= 4 is 11.6 Å². The third-order valence-corrected chi connectivity index (χ3v) is 3.02. The smallest absolute Gasteiger partial charge is 0.270 e. The topological polar surface area (TPSA) is 51.3 Å². The van der Waals surface area contributed by atoms with E-state index in [9.17, 15) is 4.79 Å². The van der Waals surface area contributed by atoms with Crippen molar-refractivity contribution in [2.45, 2.75) is 38.8 Å². The van der Waals surface area contributed by atoms with Crippen LogP contribution in [0, 0.1) is 0 Å². The van der Waals surface area contributed by atoms with Gasteiger partial charge in [0.15, 0.2) is 0 Å². The molecule has 0 aromatic carbocycles. The lowest BCUT2D eigenvalue weighted by atomic mass is 10.3. The van der Waals surface area contributed by atoms with Crippen molar-refractivity contribution < 1.29 is 4.79 Å². The first-order chi connectivity index (χ1) is 7.63. The van der Waals surface area contributed by atoms with Gasteiger partial charge in [0.2, 0.25) is 0 Å². The molecular weight excluding hydrogens is 202 g/mol. The van der Waals surface area contributed by atoms with Gasteiger partial charge in [-0.1, -0.05) is 6.92 Å². The molecule has 2 rings (SSSR count). The minimum absolute atomic E-state index is 0.0904. The molecule has 1 heterocycles. The van der Waals surface area contributed by atoms with Gasteiger partial charge in [-0.25, -0.2) is 0 Å². The van der Waals surface area contributed by atoms with E-state index in [1.165, 1.54) is 0 Å². The van der Waals surface area contributed by atoms with E-state index in [1.54, 1.807) is 6.07 Å². The second kappa shape index (κ2) is 4.20. The molecule has 0 spiro atoms. The SMILES string of the molecule is CCCn1cc(N)cc1C(=O)N(C)C1CC1. The van der Waals surface area contributed by atoms with Crippen molar-refractivity contribution in [3.8, 4) is 0 Å². The Morgan fingerprint density at radius 2 is 2.31 bits per heavy atom. The van der Waals surface area contributed by atoms with E-state index in [0.717, 1.165) is 25.8 Å². The molecule has 1 fully saturated rings. The maximum absolute atomic E-state index is 12.2. The van der Waals surface area contributed by atoms with Crippen LogP contribution in [-0.2, 0) is 6.54 Å². The number of aromatic nitrogens is 1. The number of anilines is 1. The summed E-state index contributed by atoms with van der Waals surface area (Å²) >= 11 is 0. The highest BCUT2D eigenvalue weighted by Gasteiger charge is 2.31. The summed E-state index contributed by atoms with van der Waals surface area (Å²) in [6, 6.07) is 2.22. The largest absolute Gasteiger partial charge is 0.397 e. The molecule has 1 aromatic heterocycles. The molecule has 2 N–H and O–H groups in total. The van der Waals surface area contributed by atoms with Crippen LogP contribution < -0.4 is 5.73 Å². The number of hydrogen-bond donors (Lipinski definition) is 1. The van der Waals surface area contributed by atoms with E-state index in [4.69, 9.17) is 5.73 Å².